The monoisotopic (exact) mass is 198 g/mol. The van der Waals surface area contributed by atoms with E-state index in [1.807, 2.05) is 0 Å². The molecule has 0 N–H and O–H groups in total. The third-order valence-corrected chi connectivity index (χ3v) is 1.48. The molecule has 0 nitrogen and oxygen atoms in total. The Balaban J connectivity index is 3.07. The summed E-state index contributed by atoms with van der Waals surface area (Å²) in [6.07, 6.45) is 1.84. The zero-order valence-corrected chi connectivity index (χ0v) is 6.63. The van der Waals surface area contributed by atoms with Crippen LogP contribution in [0.3, 0.4) is 0 Å². The molecule has 0 aliphatic carbocycles. The van der Waals surface area contributed by atoms with Gasteiger partial charge in [-0.25, -0.2) is 8.78 Å². The molecule has 54 valence electrons. The average molecular weight is 199 g/mol. The molecule has 0 amide bonds. The lowest BCUT2D eigenvalue weighted by Crippen LogP contribution is -1.77. The van der Waals surface area contributed by atoms with Gasteiger partial charge in [0.1, 0.15) is 12.2 Å². The molecule has 0 saturated carbocycles. The van der Waals surface area contributed by atoms with Gasteiger partial charge in [-0.15, -0.1) is 0 Å². The third kappa shape index (κ3) is 5.96. The van der Waals surface area contributed by atoms with Crippen molar-refractivity contribution in [1.29, 1.82) is 0 Å². The summed E-state index contributed by atoms with van der Waals surface area (Å²) in [7, 11) is 0. The lowest BCUT2D eigenvalue weighted by Gasteiger charge is -1.91. The second kappa shape index (κ2) is 6.20. The van der Waals surface area contributed by atoms with Crippen molar-refractivity contribution in [2.24, 2.45) is 0 Å². The largest absolute Gasteiger partial charge is 0.213 e. The zero-order chi connectivity index (χ0) is 7.11. The first kappa shape index (κ1) is 9.08. The van der Waals surface area contributed by atoms with Gasteiger partial charge in [-0.05, 0) is 12.8 Å². The van der Waals surface area contributed by atoms with Crippen LogP contribution in [0, 0.1) is 0 Å². The van der Waals surface area contributed by atoms with Gasteiger partial charge >= 0.3 is 0 Å². The van der Waals surface area contributed by atoms with Gasteiger partial charge in [-0.2, -0.15) is 0 Å². The van der Waals surface area contributed by atoms with E-state index in [0.717, 1.165) is 11.8 Å². The maximum atomic E-state index is 11.9. The van der Waals surface area contributed by atoms with Gasteiger partial charge in [-0.1, -0.05) is 15.9 Å². The van der Waals surface area contributed by atoms with Crippen molar-refractivity contribution in [3.63, 3.8) is 0 Å². The second-order valence-corrected chi connectivity index (χ2v) is 2.50. The molecule has 0 aromatic carbocycles. The summed E-state index contributed by atoms with van der Waals surface area (Å²) in [6, 6.07) is 0. The molecule has 0 rings (SSSR count). The first-order chi connectivity index (χ1) is 4.31. The van der Waals surface area contributed by atoms with Crippen molar-refractivity contribution in [1.82, 2.24) is 0 Å². The quantitative estimate of drug-likeness (QED) is 0.481. The van der Waals surface area contributed by atoms with Crippen molar-refractivity contribution >= 4 is 15.9 Å². The Kier molecular flexibility index (Phi) is 6.26. The number of hydrogen-bond acceptors (Lipinski definition) is 0. The third-order valence-electron chi connectivity index (χ3n) is 0.918. The maximum absolute atomic E-state index is 11.9. The second-order valence-electron chi connectivity index (χ2n) is 1.70. The summed E-state index contributed by atoms with van der Waals surface area (Å²) >= 11 is 3.19. The highest BCUT2D eigenvalue weighted by Crippen LogP contribution is 2.08. The lowest BCUT2D eigenvalue weighted by atomic mass is 10.2. The SMILES string of the molecule is F/C=C(/F)CCCCBr. The summed E-state index contributed by atoms with van der Waals surface area (Å²) in [5.41, 5.74) is 0. The van der Waals surface area contributed by atoms with Gasteiger partial charge in [0.05, 0.1) is 0 Å². The Labute approximate surface area is 62.1 Å². The van der Waals surface area contributed by atoms with Gasteiger partial charge in [0.25, 0.3) is 0 Å². The van der Waals surface area contributed by atoms with Crippen LogP contribution in [0.2, 0.25) is 0 Å². The number of allylic oxidation sites excluding steroid dienone is 1. The van der Waals surface area contributed by atoms with Crippen LogP contribution in [0.25, 0.3) is 0 Å². The summed E-state index contributed by atoms with van der Waals surface area (Å²) < 4.78 is 23.2. The van der Waals surface area contributed by atoms with Crippen LogP contribution < -0.4 is 0 Å². The molecule has 0 heterocycles. The van der Waals surface area contributed by atoms with Crippen LogP contribution in [-0.2, 0) is 0 Å². The zero-order valence-electron chi connectivity index (χ0n) is 5.04. The maximum Gasteiger partial charge on any atom is 0.128 e. The first-order valence-corrected chi connectivity index (χ1v) is 3.94. The molecular formula is C6H9BrF2. The molecule has 0 radical (unpaired) electrons. The van der Waals surface area contributed by atoms with Crippen LogP contribution >= 0.6 is 15.9 Å². The Hall–Kier alpha value is 0.0800. The van der Waals surface area contributed by atoms with Crippen molar-refractivity contribution in [3.8, 4) is 0 Å². The number of hydrogen-bond donors (Lipinski definition) is 0. The standard InChI is InChI=1S/C6H9BrF2/c7-4-2-1-3-6(9)5-8/h5H,1-4H2/b6-5+. The predicted molar refractivity (Wildman–Crippen MR) is 37.9 cm³/mol. The van der Waals surface area contributed by atoms with Crippen molar-refractivity contribution < 1.29 is 8.78 Å². The van der Waals surface area contributed by atoms with Crippen LogP contribution in [0.5, 0.6) is 0 Å². The molecule has 0 spiro atoms. The molecule has 0 unspecified atom stereocenters. The van der Waals surface area contributed by atoms with E-state index >= 15 is 0 Å². The normalized spacial score (nSPS) is 12.1. The molecule has 3 heteroatoms. The molecular weight excluding hydrogens is 190 g/mol. The van der Waals surface area contributed by atoms with Crippen LogP contribution in [0.15, 0.2) is 12.2 Å². The molecule has 0 fully saturated rings. The molecule has 0 aliphatic heterocycles. The number of alkyl halides is 1. The highest BCUT2D eigenvalue weighted by atomic mass is 79.9. The smallest absolute Gasteiger partial charge is 0.128 e. The molecule has 0 bridgehead atoms. The number of unbranched alkanes of at least 4 members (excludes halogenated alkanes) is 1. The van der Waals surface area contributed by atoms with E-state index in [9.17, 15) is 8.78 Å². The Morgan fingerprint density at radius 1 is 1.44 bits per heavy atom. The summed E-state index contributed by atoms with van der Waals surface area (Å²) in [5, 5.41) is 0.854. The minimum absolute atomic E-state index is 0.0221. The first-order valence-electron chi connectivity index (χ1n) is 2.82. The van der Waals surface area contributed by atoms with E-state index in [1.165, 1.54) is 0 Å². The average Bonchev–Trinajstić information content (AvgIpc) is 1.89. The Bertz CT molecular complexity index is 91.1. The summed E-state index contributed by atoms with van der Waals surface area (Å²) in [5.74, 6) is -0.657. The molecule has 0 atom stereocenters. The van der Waals surface area contributed by atoms with Gasteiger partial charge in [0.2, 0.25) is 0 Å². The minimum Gasteiger partial charge on any atom is -0.213 e. The minimum atomic E-state index is -0.657. The molecule has 9 heavy (non-hydrogen) atoms. The fraction of sp³-hybridized carbons (Fsp3) is 0.667. The van der Waals surface area contributed by atoms with Crippen molar-refractivity contribution in [2.45, 2.75) is 19.3 Å². The van der Waals surface area contributed by atoms with Gasteiger partial charge in [0.15, 0.2) is 0 Å². The van der Waals surface area contributed by atoms with E-state index in [-0.39, 0.29) is 12.8 Å². The lowest BCUT2D eigenvalue weighted by molar-refractivity contribution is 0.534. The van der Waals surface area contributed by atoms with Gasteiger partial charge < -0.3 is 0 Å². The fourth-order valence-corrected chi connectivity index (χ4v) is 0.839. The Morgan fingerprint density at radius 2 is 2.11 bits per heavy atom. The van der Waals surface area contributed by atoms with E-state index in [0.29, 0.717) is 6.42 Å². The number of halogens is 3. The van der Waals surface area contributed by atoms with Gasteiger partial charge in [0, 0.05) is 11.8 Å². The predicted octanol–water partition coefficient (Wildman–Crippen LogP) is 3.33. The topological polar surface area (TPSA) is 0 Å². The molecule has 0 aromatic heterocycles. The number of rotatable bonds is 4. The summed E-state index contributed by atoms with van der Waals surface area (Å²) in [4.78, 5) is 0. The molecule has 0 aromatic rings. The van der Waals surface area contributed by atoms with E-state index in [2.05, 4.69) is 15.9 Å². The van der Waals surface area contributed by atoms with Crippen LogP contribution in [-0.4, -0.2) is 5.33 Å². The fourth-order valence-electron chi connectivity index (χ4n) is 0.443. The van der Waals surface area contributed by atoms with Crippen molar-refractivity contribution in [2.75, 3.05) is 5.33 Å². The van der Waals surface area contributed by atoms with E-state index in [1.54, 1.807) is 0 Å². The Morgan fingerprint density at radius 3 is 2.56 bits per heavy atom. The molecule has 0 saturated heterocycles. The molecule has 0 aliphatic rings. The van der Waals surface area contributed by atoms with Crippen LogP contribution in [0.1, 0.15) is 19.3 Å². The van der Waals surface area contributed by atoms with Crippen LogP contribution in [0.4, 0.5) is 8.78 Å². The highest BCUT2D eigenvalue weighted by Gasteiger charge is 1.92. The van der Waals surface area contributed by atoms with Gasteiger partial charge in [-0.3, -0.25) is 0 Å². The van der Waals surface area contributed by atoms with Crippen molar-refractivity contribution in [3.05, 3.63) is 12.2 Å². The summed E-state index contributed by atoms with van der Waals surface area (Å²) in [6.45, 7) is 0. The highest BCUT2D eigenvalue weighted by molar-refractivity contribution is 9.09. The van der Waals surface area contributed by atoms with E-state index < -0.39 is 5.83 Å². The van der Waals surface area contributed by atoms with E-state index in [4.69, 9.17) is 0 Å².